The maximum atomic E-state index is 5.43. The molecule has 172 valence electrons. The Kier molecular flexibility index (Phi) is 14.1. The molecule has 1 aliphatic rings. The Hall–Kier alpha value is -1.10. The molecule has 1 unspecified atom stereocenters. The highest BCUT2D eigenvalue weighted by Gasteiger charge is 2.19. The summed E-state index contributed by atoms with van der Waals surface area (Å²) in [5, 5.41) is 6.97. The molecule has 1 fully saturated rings. The van der Waals surface area contributed by atoms with Gasteiger partial charge < -0.3 is 25.0 Å². The molecule has 0 saturated carbocycles. The van der Waals surface area contributed by atoms with E-state index in [0.717, 1.165) is 76.2 Å². The van der Waals surface area contributed by atoms with Gasteiger partial charge in [-0.3, -0.25) is 4.90 Å². The van der Waals surface area contributed by atoms with Gasteiger partial charge in [0.2, 0.25) is 0 Å². The average molecular weight is 533 g/mol. The van der Waals surface area contributed by atoms with Crippen molar-refractivity contribution in [3.63, 3.8) is 0 Å². The zero-order valence-corrected chi connectivity index (χ0v) is 21.4. The molecule has 0 aromatic heterocycles. The molecule has 8 heteroatoms. The molecule has 0 radical (unpaired) electrons. The molecule has 0 spiro atoms. The van der Waals surface area contributed by atoms with E-state index in [0.29, 0.717) is 12.6 Å². The molecule has 2 N–H and O–H groups in total. The van der Waals surface area contributed by atoms with Crippen molar-refractivity contribution in [2.75, 3.05) is 66.6 Å². The topological polar surface area (TPSA) is 61.4 Å². The molecule has 0 aliphatic carbocycles. The van der Waals surface area contributed by atoms with Gasteiger partial charge in [0.1, 0.15) is 5.75 Å². The van der Waals surface area contributed by atoms with Crippen molar-refractivity contribution in [3.05, 3.63) is 29.8 Å². The maximum Gasteiger partial charge on any atom is 0.191 e. The molecule has 1 saturated heterocycles. The van der Waals surface area contributed by atoms with Crippen molar-refractivity contribution in [3.8, 4) is 5.75 Å². The highest BCUT2D eigenvalue weighted by Crippen LogP contribution is 2.11. The first-order valence-corrected chi connectivity index (χ1v) is 10.8. The van der Waals surface area contributed by atoms with E-state index in [2.05, 4.69) is 46.5 Å². The summed E-state index contributed by atoms with van der Waals surface area (Å²) in [6.45, 7) is 12.7. The van der Waals surface area contributed by atoms with Gasteiger partial charge in [0.15, 0.2) is 5.96 Å². The Morgan fingerprint density at radius 1 is 1.13 bits per heavy atom. The van der Waals surface area contributed by atoms with Crippen molar-refractivity contribution in [2.45, 2.75) is 32.9 Å². The highest BCUT2D eigenvalue weighted by molar-refractivity contribution is 14.0. The number of aliphatic imine (C=N–C) groups is 1. The van der Waals surface area contributed by atoms with Gasteiger partial charge in [-0.1, -0.05) is 12.1 Å². The number of nitrogens with zero attached hydrogens (tertiary/aromatic N) is 3. The van der Waals surface area contributed by atoms with Crippen LogP contribution < -0.4 is 15.4 Å². The van der Waals surface area contributed by atoms with E-state index in [1.54, 1.807) is 7.11 Å². The predicted molar refractivity (Wildman–Crippen MR) is 135 cm³/mol. The smallest absolute Gasteiger partial charge is 0.191 e. The van der Waals surface area contributed by atoms with Gasteiger partial charge in [0, 0.05) is 58.5 Å². The van der Waals surface area contributed by atoms with Crippen LogP contribution in [-0.2, 0) is 11.3 Å². The minimum Gasteiger partial charge on any atom is -0.497 e. The van der Waals surface area contributed by atoms with E-state index in [-0.39, 0.29) is 24.0 Å². The number of halogens is 1. The average Bonchev–Trinajstić information content (AvgIpc) is 2.75. The van der Waals surface area contributed by atoms with Gasteiger partial charge in [-0.25, -0.2) is 4.99 Å². The Balaban J connectivity index is 0.00000450. The van der Waals surface area contributed by atoms with Crippen molar-refractivity contribution in [1.82, 2.24) is 20.4 Å². The SMILES string of the molecule is CCOCCCNC(=NCc1ccc(OC)cc1)NCC(C)N1CCN(C)CC1.I. The van der Waals surface area contributed by atoms with Gasteiger partial charge in [0.05, 0.1) is 13.7 Å². The Labute approximate surface area is 199 Å². The van der Waals surface area contributed by atoms with Crippen LogP contribution in [0.3, 0.4) is 0 Å². The first kappa shape index (κ1) is 26.9. The summed E-state index contributed by atoms with van der Waals surface area (Å²) in [4.78, 5) is 9.71. The number of benzene rings is 1. The summed E-state index contributed by atoms with van der Waals surface area (Å²) < 4.78 is 10.7. The van der Waals surface area contributed by atoms with Crippen LogP contribution in [0.2, 0.25) is 0 Å². The summed E-state index contributed by atoms with van der Waals surface area (Å²) in [5.41, 5.74) is 1.16. The molecule has 2 rings (SSSR count). The number of likely N-dealkylation sites (N-methyl/N-ethyl adjacent to an activating group) is 1. The molecule has 0 amide bonds. The summed E-state index contributed by atoms with van der Waals surface area (Å²) in [6, 6.07) is 8.54. The van der Waals surface area contributed by atoms with Crippen molar-refractivity contribution < 1.29 is 9.47 Å². The van der Waals surface area contributed by atoms with Crippen LogP contribution in [0.1, 0.15) is 25.8 Å². The summed E-state index contributed by atoms with van der Waals surface area (Å²) in [7, 11) is 3.87. The summed E-state index contributed by atoms with van der Waals surface area (Å²) in [6.07, 6.45) is 0.963. The number of hydrogen-bond donors (Lipinski definition) is 2. The molecular formula is C22H40IN5O2. The summed E-state index contributed by atoms with van der Waals surface area (Å²) in [5.74, 6) is 1.73. The molecule has 1 aromatic rings. The van der Waals surface area contributed by atoms with Crippen LogP contribution >= 0.6 is 24.0 Å². The van der Waals surface area contributed by atoms with Crippen LogP contribution in [0.4, 0.5) is 0 Å². The third-order valence-electron chi connectivity index (χ3n) is 5.27. The van der Waals surface area contributed by atoms with Crippen molar-refractivity contribution >= 4 is 29.9 Å². The van der Waals surface area contributed by atoms with Crippen LogP contribution in [0, 0.1) is 0 Å². The minimum absolute atomic E-state index is 0. The fourth-order valence-electron chi connectivity index (χ4n) is 3.24. The van der Waals surface area contributed by atoms with Gasteiger partial charge in [-0.05, 0) is 45.0 Å². The normalized spacial score (nSPS) is 16.6. The lowest BCUT2D eigenvalue weighted by molar-refractivity contribution is 0.120. The fraction of sp³-hybridized carbons (Fsp3) is 0.682. The van der Waals surface area contributed by atoms with E-state index >= 15 is 0 Å². The quantitative estimate of drug-likeness (QED) is 0.197. The molecule has 1 aromatic carbocycles. The molecular weight excluding hydrogens is 493 g/mol. The van der Waals surface area contributed by atoms with Crippen LogP contribution in [0.25, 0.3) is 0 Å². The number of ether oxygens (including phenoxy) is 2. The maximum absolute atomic E-state index is 5.43. The highest BCUT2D eigenvalue weighted by atomic mass is 127. The largest absolute Gasteiger partial charge is 0.497 e. The van der Waals surface area contributed by atoms with Gasteiger partial charge in [-0.2, -0.15) is 0 Å². The number of guanidine groups is 1. The molecule has 1 atom stereocenters. The third kappa shape index (κ3) is 10.3. The van der Waals surface area contributed by atoms with E-state index in [9.17, 15) is 0 Å². The zero-order valence-electron chi connectivity index (χ0n) is 19.0. The first-order chi connectivity index (χ1) is 14.1. The minimum atomic E-state index is 0. The number of nitrogens with one attached hydrogen (secondary N) is 2. The number of hydrogen-bond acceptors (Lipinski definition) is 5. The molecule has 7 nitrogen and oxygen atoms in total. The van der Waals surface area contributed by atoms with Crippen LogP contribution in [0.5, 0.6) is 5.75 Å². The predicted octanol–water partition coefficient (Wildman–Crippen LogP) is 2.41. The van der Waals surface area contributed by atoms with Gasteiger partial charge >= 0.3 is 0 Å². The van der Waals surface area contributed by atoms with Crippen molar-refractivity contribution in [1.29, 1.82) is 0 Å². The number of piperazine rings is 1. The van der Waals surface area contributed by atoms with Crippen LogP contribution in [-0.4, -0.2) is 88.4 Å². The van der Waals surface area contributed by atoms with Crippen LogP contribution in [0.15, 0.2) is 29.3 Å². The van der Waals surface area contributed by atoms with E-state index < -0.39 is 0 Å². The second-order valence-electron chi connectivity index (χ2n) is 7.56. The standard InChI is InChI=1S/C22H39N5O2.HI/c1-5-29-16-6-11-23-22(25-18-20-7-9-21(28-4)10-8-20)24-17-19(2)27-14-12-26(3)13-15-27;/h7-10,19H,5-6,11-18H2,1-4H3,(H2,23,24,25);1H. The second-order valence-corrected chi connectivity index (χ2v) is 7.56. The van der Waals surface area contributed by atoms with Gasteiger partial charge in [-0.15, -0.1) is 24.0 Å². The Bertz CT molecular complexity index is 592. The van der Waals surface area contributed by atoms with E-state index in [1.807, 2.05) is 19.1 Å². The molecule has 0 bridgehead atoms. The first-order valence-electron chi connectivity index (χ1n) is 10.8. The monoisotopic (exact) mass is 533 g/mol. The second kappa shape index (κ2) is 15.7. The fourth-order valence-corrected chi connectivity index (χ4v) is 3.24. The summed E-state index contributed by atoms with van der Waals surface area (Å²) >= 11 is 0. The zero-order chi connectivity index (χ0) is 20.9. The van der Waals surface area contributed by atoms with Crippen molar-refractivity contribution in [2.24, 2.45) is 4.99 Å². The molecule has 1 heterocycles. The lowest BCUT2D eigenvalue weighted by Gasteiger charge is -2.36. The van der Waals surface area contributed by atoms with Gasteiger partial charge in [0.25, 0.3) is 0 Å². The lowest BCUT2D eigenvalue weighted by atomic mass is 10.2. The number of methoxy groups -OCH3 is 1. The third-order valence-corrected chi connectivity index (χ3v) is 5.27. The van der Waals surface area contributed by atoms with E-state index in [4.69, 9.17) is 14.5 Å². The number of rotatable bonds is 11. The lowest BCUT2D eigenvalue weighted by Crippen LogP contribution is -2.52. The van der Waals surface area contributed by atoms with E-state index in [1.165, 1.54) is 0 Å². The Morgan fingerprint density at radius 2 is 1.83 bits per heavy atom. The molecule has 1 aliphatic heterocycles. The Morgan fingerprint density at radius 3 is 2.47 bits per heavy atom. The molecule has 30 heavy (non-hydrogen) atoms.